The Morgan fingerprint density at radius 1 is 1.10 bits per heavy atom. The maximum atomic E-state index is 13.0. The molecule has 3 rings (SSSR count). The molecule has 2 aromatic heterocycles. The number of aromatic nitrogens is 2. The molecule has 0 bridgehead atoms. The van der Waals surface area contributed by atoms with Crippen LogP contribution in [0.4, 0.5) is 11.4 Å². The predicted octanol–water partition coefficient (Wildman–Crippen LogP) is 4.35. The molecule has 7 nitrogen and oxygen atoms in total. The molecule has 0 aliphatic carbocycles. The van der Waals surface area contributed by atoms with E-state index in [1.807, 2.05) is 0 Å². The molecule has 0 unspecified atom stereocenters. The first-order valence-corrected chi connectivity index (χ1v) is 10.7. The monoisotopic (exact) mass is 452 g/mol. The molecule has 3 N–H and O–H groups in total. The first-order chi connectivity index (χ1) is 13.4. The van der Waals surface area contributed by atoms with E-state index < -0.39 is 20.5 Å². The van der Waals surface area contributed by atoms with Crippen molar-refractivity contribution in [2.45, 2.75) is 30.4 Å². The van der Waals surface area contributed by atoms with Crippen molar-refractivity contribution >= 4 is 61.2 Å². The maximum absolute atomic E-state index is 13.0. The molecule has 10 heteroatoms. The van der Waals surface area contributed by atoms with Gasteiger partial charge in [-0.2, -0.15) is 0 Å². The van der Waals surface area contributed by atoms with Crippen LogP contribution in [0.1, 0.15) is 31.1 Å². The van der Waals surface area contributed by atoms with E-state index in [1.165, 1.54) is 30.7 Å². The number of halogens is 2. The molecule has 1 aromatic carbocycles. The van der Waals surface area contributed by atoms with Crippen molar-refractivity contribution < 1.29 is 13.2 Å². The van der Waals surface area contributed by atoms with Crippen LogP contribution in [0.25, 0.3) is 10.9 Å². The fourth-order valence-electron chi connectivity index (χ4n) is 2.69. The van der Waals surface area contributed by atoms with Crippen molar-refractivity contribution in [2.75, 3.05) is 5.32 Å². The molecule has 0 saturated carbocycles. The van der Waals surface area contributed by atoms with Gasteiger partial charge in [-0.3, -0.25) is 14.8 Å². The minimum atomic E-state index is -3.71. The third-order valence-electron chi connectivity index (χ3n) is 4.25. The first-order valence-electron chi connectivity index (χ1n) is 8.46. The van der Waals surface area contributed by atoms with E-state index in [-0.39, 0.29) is 21.2 Å². The highest BCUT2D eigenvalue weighted by Gasteiger charge is 2.32. The molecule has 29 heavy (non-hydrogen) atoms. The third kappa shape index (κ3) is 4.01. The van der Waals surface area contributed by atoms with Gasteiger partial charge in [-0.1, -0.05) is 23.2 Å². The van der Waals surface area contributed by atoms with Gasteiger partial charge in [-0.15, -0.1) is 0 Å². The molecule has 0 spiro atoms. The molecule has 3 aromatic rings. The zero-order valence-corrected chi connectivity index (χ0v) is 18.2. The summed E-state index contributed by atoms with van der Waals surface area (Å²) in [6, 6.07) is 4.39. The molecule has 1 amide bonds. The number of nitrogens with zero attached hydrogens (tertiary/aromatic N) is 2. The molecule has 0 radical (unpaired) electrons. The Morgan fingerprint density at radius 3 is 2.38 bits per heavy atom. The van der Waals surface area contributed by atoms with Gasteiger partial charge in [0.1, 0.15) is 0 Å². The van der Waals surface area contributed by atoms with Gasteiger partial charge in [0, 0.05) is 17.8 Å². The Kier molecular flexibility index (Phi) is 5.46. The summed E-state index contributed by atoms with van der Waals surface area (Å²) in [5.41, 5.74) is 6.64. The van der Waals surface area contributed by atoms with Crippen molar-refractivity contribution in [3.05, 3.63) is 52.4 Å². The molecule has 2 heterocycles. The number of benzene rings is 1. The number of hydrogen-bond acceptors (Lipinski definition) is 6. The zero-order chi connectivity index (χ0) is 21.6. The van der Waals surface area contributed by atoms with Crippen LogP contribution < -0.4 is 11.1 Å². The highest BCUT2D eigenvalue weighted by atomic mass is 35.5. The Morgan fingerprint density at radius 2 is 1.79 bits per heavy atom. The lowest BCUT2D eigenvalue weighted by atomic mass is 10.1. The first kappa shape index (κ1) is 21.3. The van der Waals surface area contributed by atoms with E-state index in [4.69, 9.17) is 28.9 Å². The van der Waals surface area contributed by atoms with E-state index in [9.17, 15) is 13.2 Å². The number of sulfone groups is 1. The molecular formula is C19H18Cl2N4O3S. The smallest absolute Gasteiger partial charge is 0.252 e. The summed E-state index contributed by atoms with van der Waals surface area (Å²) in [5, 5.41) is 3.88. The number of amides is 1. The maximum Gasteiger partial charge on any atom is 0.252 e. The molecule has 0 saturated heterocycles. The number of primary amides is 1. The van der Waals surface area contributed by atoms with Crippen LogP contribution in [-0.4, -0.2) is 29.0 Å². The largest absolute Gasteiger partial charge is 0.365 e. The van der Waals surface area contributed by atoms with Crippen molar-refractivity contribution in [3.8, 4) is 0 Å². The van der Waals surface area contributed by atoms with Gasteiger partial charge in [0.05, 0.1) is 48.3 Å². The summed E-state index contributed by atoms with van der Waals surface area (Å²) >= 11 is 12.3. The van der Waals surface area contributed by atoms with Crippen LogP contribution >= 0.6 is 23.2 Å². The zero-order valence-electron chi connectivity index (χ0n) is 15.8. The lowest BCUT2D eigenvalue weighted by Gasteiger charge is -2.21. The Balaban J connectivity index is 2.34. The summed E-state index contributed by atoms with van der Waals surface area (Å²) in [4.78, 5) is 20.2. The summed E-state index contributed by atoms with van der Waals surface area (Å²) < 4.78 is 24.9. The Hall–Kier alpha value is -2.42. The second-order valence-electron chi connectivity index (χ2n) is 7.35. The quantitative estimate of drug-likeness (QED) is 0.607. The molecular weight excluding hydrogens is 435 g/mol. The van der Waals surface area contributed by atoms with Crippen molar-refractivity contribution in [3.63, 3.8) is 0 Å². The fraction of sp³-hybridized carbons (Fsp3) is 0.211. The van der Waals surface area contributed by atoms with Crippen molar-refractivity contribution in [1.29, 1.82) is 0 Å². The van der Waals surface area contributed by atoms with Gasteiger partial charge in [0.25, 0.3) is 5.91 Å². The van der Waals surface area contributed by atoms with E-state index in [1.54, 1.807) is 26.8 Å². The summed E-state index contributed by atoms with van der Waals surface area (Å²) in [6.07, 6.45) is 4.24. The molecule has 0 aliphatic heterocycles. The Labute approximate surface area is 178 Å². The minimum absolute atomic E-state index is 0.0122. The number of pyridine rings is 2. The Bertz CT molecular complexity index is 1240. The fourth-order valence-corrected chi connectivity index (χ4v) is 4.45. The number of rotatable bonds is 4. The van der Waals surface area contributed by atoms with E-state index in [0.717, 1.165) is 0 Å². The number of hydrogen-bond donors (Lipinski definition) is 2. The van der Waals surface area contributed by atoms with Crippen LogP contribution in [0.15, 0.2) is 41.7 Å². The van der Waals surface area contributed by atoms with Crippen LogP contribution in [0, 0.1) is 0 Å². The van der Waals surface area contributed by atoms with Crippen LogP contribution in [0.5, 0.6) is 0 Å². The van der Waals surface area contributed by atoms with Gasteiger partial charge >= 0.3 is 0 Å². The van der Waals surface area contributed by atoms with Crippen LogP contribution in [-0.2, 0) is 9.84 Å². The highest BCUT2D eigenvalue weighted by molar-refractivity contribution is 7.92. The van der Waals surface area contributed by atoms with Crippen LogP contribution in [0.3, 0.4) is 0 Å². The van der Waals surface area contributed by atoms with E-state index in [0.29, 0.717) is 21.6 Å². The molecule has 152 valence electrons. The summed E-state index contributed by atoms with van der Waals surface area (Å²) in [5.74, 6) is -0.739. The van der Waals surface area contributed by atoms with E-state index >= 15 is 0 Å². The number of fused-ring (bicyclic) bond motifs is 1. The molecule has 0 aliphatic rings. The highest BCUT2D eigenvalue weighted by Crippen LogP contribution is 2.37. The minimum Gasteiger partial charge on any atom is -0.365 e. The van der Waals surface area contributed by atoms with Crippen molar-refractivity contribution in [2.24, 2.45) is 5.73 Å². The van der Waals surface area contributed by atoms with Gasteiger partial charge in [-0.25, -0.2) is 8.42 Å². The number of carbonyl (C=O) groups excluding carboxylic acids is 1. The number of nitrogens with one attached hydrogen (secondary N) is 1. The van der Waals surface area contributed by atoms with E-state index in [2.05, 4.69) is 15.3 Å². The average Bonchev–Trinajstić information content (AvgIpc) is 2.61. The number of carbonyl (C=O) groups is 1. The van der Waals surface area contributed by atoms with Gasteiger partial charge < -0.3 is 11.1 Å². The summed E-state index contributed by atoms with van der Waals surface area (Å²) in [6.45, 7) is 4.78. The van der Waals surface area contributed by atoms with Crippen LogP contribution in [0.2, 0.25) is 10.0 Å². The average molecular weight is 453 g/mol. The predicted molar refractivity (Wildman–Crippen MR) is 115 cm³/mol. The molecule has 0 fully saturated rings. The topological polar surface area (TPSA) is 115 Å². The standard InChI is InChI=1S/C19H18Cl2N4O3S/c1-19(2,3)29(27,28)12-5-13-16(25-11-4-10(20)7-23-8-11)14(18(22)26)9-24-17(13)15(21)6-12/h4-9H,1-3H3,(H2,22,26)(H,24,25). The SMILES string of the molecule is CC(C)(C)S(=O)(=O)c1cc(Cl)c2ncc(C(N)=O)c(Nc3cncc(Cl)c3)c2c1. The van der Waals surface area contributed by atoms with Gasteiger partial charge in [0.2, 0.25) is 0 Å². The lowest BCUT2D eigenvalue weighted by molar-refractivity contribution is 0.100. The van der Waals surface area contributed by atoms with Gasteiger partial charge in [0.15, 0.2) is 9.84 Å². The summed E-state index contributed by atoms with van der Waals surface area (Å²) in [7, 11) is -3.71. The molecule has 0 atom stereocenters. The lowest BCUT2D eigenvalue weighted by Crippen LogP contribution is -2.28. The third-order valence-corrected chi connectivity index (χ3v) is 7.22. The second-order valence-corrected chi connectivity index (χ2v) is 10.9. The second kappa shape index (κ2) is 7.44. The number of nitrogens with two attached hydrogens (primary N) is 1. The number of anilines is 2. The normalized spacial score (nSPS) is 12.2. The van der Waals surface area contributed by atoms with Gasteiger partial charge in [-0.05, 0) is 39.0 Å². The van der Waals surface area contributed by atoms with Crippen molar-refractivity contribution in [1.82, 2.24) is 9.97 Å².